The third kappa shape index (κ3) is 4.64. The normalized spacial score (nSPS) is 23.2. The second-order valence-electron chi connectivity index (χ2n) is 7.82. The van der Waals surface area contributed by atoms with Crippen LogP contribution < -0.4 is 10.6 Å². The Morgan fingerprint density at radius 3 is 2.50 bits per heavy atom. The molecule has 5 heteroatoms. The van der Waals surface area contributed by atoms with Crippen LogP contribution >= 0.6 is 0 Å². The maximum atomic E-state index is 12.3. The van der Waals surface area contributed by atoms with Gasteiger partial charge in [-0.15, -0.1) is 0 Å². The Morgan fingerprint density at radius 1 is 1.04 bits per heavy atom. The molecule has 1 heterocycles. The number of hydrogen-bond donors (Lipinski definition) is 2. The largest absolute Gasteiger partial charge is 0.346 e. The van der Waals surface area contributed by atoms with Gasteiger partial charge in [-0.2, -0.15) is 0 Å². The highest BCUT2D eigenvalue weighted by Gasteiger charge is 2.33. The summed E-state index contributed by atoms with van der Waals surface area (Å²) in [5, 5.41) is 5.71. The quantitative estimate of drug-likeness (QED) is 0.851. The van der Waals surface area contributed by atoms with Gasteiger partial charge in [0.2, 0.25) is 11.8 Å². The second-order valence-corrected chi connectivity index (χ2v) is 7.82. The van der Waals surface area contributed by atoms with E-state index in [2.05, 4.69) is 15.5 Å². The Bertz CT molecular complexity index is 636. The van der Waals surface area contributed by atoms with E-state index in [1.807, 2.05) is 32.0 Å². The van der Waals surface area contributed by atoms with Gasteiger partial charge in [-0.25, -0.2) is 0 Å². The third-order valence-corrected chi connectivity index (χ3v) is 5.90. The molecule has 0 aromatic heterocycles. The van der Waals surface area contributed by atoms with Gasteiger partial charge in [0.25, 0.3) is 0 Å². The molecule has 1 saturated heterocycles. The number of aryl methyl sites for hydroxylation is 2. The minimum atomic E-state index is -0.176. The van der Waals surface area contributed by atoms with Gasteiger partial charge in [-0.05, 0) is 63.1 Å². The van der Waals surface area contributed by atoms with E-state index in [0.717, 1.165) is 29.3 Å². The molecule has 5 nitrogen and oxygen atoms in total. The van der Waals surface area contributed by atoms with Crippen molar-refractivity contribution in [2.45, 2.75) is 58.4 Å². The first-order chi connectivity index (χ1) is 12.5. The summed E-state index contributed by atoms with van der Waals surface area (Å²) in [6.07, 6.45) is 7.62. The van der Waals surface area contributed by atoms with E-state index in [1.54, 1.807) is 0 Å². The lowest BCUT2D eigenvalue weighted by Gasteiger charge is -2.43. The minimum absolute atomic E-state index is 0.0224. The zero-order valence-corrected chi connectivity index (χ0v) is 16.0. The Kier molecular flexibility index (Phi) is 6.30. The van der Waals surface area contributed by atoms with E-state index in [0.29, 0.717) is 12.6 Å². The van der Waals surface area contributed by atoms with Gasteiger partial charge in [0.05, 0.1) is 13.1 Å². The molecule has 142 valence electrons. The van der Waals surface area contributed by atoms with Crippen molar-refractivity contribution >= 4 is 17.5 Å². The number of fused-ring (bicyclic) bond motifs is 1. The number of anilines is 1. The molecule has 0 radical (unpaired) electrons. The molecular formula is C21H31N3O2. The van der Waals surface area contributed by atoms with Gasteiger partial charge in [-0.3, -0.25) is 14.5 Å². The zero-order valence-electron chi connectivity index (χ0n) is 16.0. The number of para-hydroxylation sites is 1. The summed E-state index contributed by atoms with van der Waals surface area (Å²) in [7, 11) is 0. The predicted molar refractivity (Wildman–Crippen MR) is 104 cm³/mol. The minimum Gasteiger partial charge on any atom is -0.346 e. The average Bonchev–Trinajstić information content (AvgIpc) is 2.63. The van der Waals surface area contributed by atoms with E-state index < -0.39 is 0 Å². The smallest absolute Gasteiger partial charge is 0.243 e. The first-order valence-corrected chi connectivity index (χ1v) is 9.91. The fourth-order valence-corrected chi connectivity index (χ4v) is 4.54. The van der Waals surface area contributed by atoms with Crippen molar-refractivity contribution in [1.82, 2.24) is 10.2 Å². The lowest BCUT2D eigenvalue weighted by atomic mass is 9.78. The summed E-state index contributed by atoms with van der Waals surface area (Å²) in [4.78, 5) is 26.9. The van der Waals surface area contributed by atoms with Crippen LogP contribution in [0.3, 0.4) is 0 Å². The van der Waals surface area contributed by atoms with E-state index in [9.17, 15) is 9.59 Å². The molecule has 0 unspecified atom stereocenters. The first-order valence-electron chi connectivity index (χ1n) is 9.91. The molecule has 2 fully saturated rings. The van der Waals surface area contributed by atoms with Crippen LogP contribution in [0.15, 0.2) is 18.2 Å². The Morgan fingerprint density at radius 2 is 1.73 bits per heavy atom. The van der Waals surface area contributed by atoms with Crippen molar-refractivity contribution in [1.29, 1.82) is 0 Å². The van der Waals surface area contributed by atoms with E-state index in [1.165, 1.54) is 38.5 Å². The third-order valence-electron chi connectivity index (χ3n) is 5.90. The molecule has 2 N–H and O–H groups in total. The summed E-state index contributed by atoms with van der Waals surface area (Å²) in [6, 6.07) is 6.47. The number of carbonyl (C=O) groups is 2. The summed E-state index contributed by atoms with van der Waals surface area (Å²) >= 11 is 0. The summed E-state index contributed by atoms with van der Waals surface area (Å²) < 4.78 is 0. The Hall–Kier alpha value is -1.88. The molecular weight excluding hydrogens is 326 g/mol. The van der Waals surface area contributed by atoms with Crippen molar-refractivity contribution in [3.8, 4) is 0 Å². The van der Waals surface area contributed by atoms with Crippen LogP contribution in [-0.2, 0) is 9.59 Å². The van der Waals surface area contributed by atoms with E-state index in [-0.39, 0.29) is 18.4 Å². The van der Waals surface area contributed by atoms with E-state index in [4.69, 9.17) is 0 Å². The molecule has 1 saturated carbocycles. The van der Waals surface area contributed by atoms with Crippen molar-refractivity contribution in [2.24, 2.45) is 5.92 Å². The van der Waals surface area contributed by atoms with Crippen LogP contribution in [0.2, 0.25) is 0 Å². The number of carbonyl (C=O) groups excluding carboxylic acids is 2. The van der Waals surface area contributed by atoms with Gasteiger partial charge in [-0.1, -0.05) is 31.0 Å². The molecule has 1 aliphatic heterocycles. The number of likely N-dealkylation sites (tertiary alicyclic amines) is 1. The number of piperidine rings is 1. The monoisotopic (exact) mass is 357 g/mol. The van der Waals surface area contributed by atoms with Crippen molar-refractivity contribution in [3.63, 3.8) is 0 Å². The first kappa shape index (κ1) is 18.9. The highest BCUT2D eigenvalue weighted by Crippen LogP contribution is 2.34. The zero-order chi connectivity index (χ0) is 18.5. The van der Waals surface area contributed by atoms with Gasteiger partial charge in [0.15, 0.2) is 0 Å². The lowest BCUT2D eigenvalue weighted by Crippen LogP contribution is -2.51. The number of rotatable bonds is 5. The number of amides is 2. The molecule has 3 rings (SSSR count). The number of benzene rings is 1. The number of hydrogen-bond acceptors (Lipinski definition) is 3. The molecule has 0 bridgehead atoms. The lowest BCUT2D eigenvalue weighted by molar-refractivity contribution is -0.126. The average molecular weight is 357 g/mol. The van der Waals surface area contributed by atoms with Crippen molar-refractivity contribution in [2.75, 3.05) is 25.0 Å². The fourth-order valence-electron chi connectivity index (χ4n) is 4.54. The maximum Gasteiger partial charge on any atom is 0.243 e. The van der Waals surface area contributed by atoms with Gasteiger partial charge < -0.3 is 10.6 Å². The van der Waals surface area contributed by atoms with Crippen LogP contribution in [-0.4, -0.2) is 42.4 Å². The van der Waals surface area contributed by atoms with Gasteiger partial charge in [0, 0.05) is 11.7 Å². The van der Waals surface area contributed by atoms with Crippen molar-refractivity contribution < 1.29 is 9.59 Å². The fraction of sp³-hybridized carbons (Fsp3) is 0.619. The molecule has 2 atom stereocenters. The summed E-state index contributed by atoms with van der Waals surface area (Å²) in [5.74, 6) is 0.537. The van der Waals surface area contributed by atoms with Crippen LogP contribution in [0.25, 0.3) is 0 Å². The molecule has 2 amide bonds. The molecule has 2 aliphatic rings. The van der Waals surface area contributed by atoms with Crippen LogP contribution in [0.5, 0.6) is 0 Å². The topological polar surface area (TPSA) is 61.4 Å². The SMILES string of the molecule is Cc1cccc(C)c1NC(=O)CNC(=O)CN1CCC[C@H]2CCCC[C@@H]21. The highest BCUT2D eigenvalue weighted by atomic mass is 16.2. The molecule has 1 aromatic rings. The molecule has 26 heavy (non-hydrogen) atoms. The van der Waals surface area contributed by atoms with Crippen LogP contribution in [0.1, 0.15) is 49.7 Å². The molecule has 1 aliphatic carbocycles. The molecule has 1 aromatic carbocycles. The van der Waals surface area contributed by atoms with Crippen molar-refractivity contribution in [3.05, 3.63) is 29.3 Å². The maximum absolute atomic E-state index is 12.3. The Labute approximate surface area is 156 Å². The predicted octanol–water partition coefficient (Wildman–Crippen LogP) is 3.01. The second kappa shape index (κ2) is 8.67. The van der Waals surface area contributed by atoms with Gasteiger partial charge >= 0.3 is 0 Å². The van der Waals surface area contributed by atoms with E-state index >= 15 is 0 Å². The number of nitrogens with one attached hydrogen (secondary N) is 2. The Balaban J connectivity index is 1.47. The van der Waals surface area contributed by atoms with Crippen LogP contribution in [0, 0.1) is 19.8 Å². The highest BCUT2D eigenvalue weighted by molar-refractivity contribution is 5.95. The summed E-state index contributed by atoms with van der Waals surface area (Å²) in [6.45, 7) is 5.38. The standard InChI is InChI=1S/C21H31N3O2/c1-15-7-5-8-16(2)21(15)23-19(25)13-22-20(26)14-24-12-6-10-17-9-3-4-11-18(17)24/h5,7-8,17-18H,3-4,6,9-14H2,1-2H3,(H,22,26)(H,23,25)/t17-,18+/m1/s1. The summed E-state index contributed by atoms with van der Waals surface area (Å²) in [5.41, 5.74) is 2.90. The van der Waals surface area contributed by atoms with Crippen LogP contribution in [0.4, 0.5) is 5.69 Å². The molecule has 0 spiro atoms. The number of nitrogens with zero attached hydrogens (tertiary/aromatic N) is 1. The van der Waals surface area contributed by atoms with Gasteiger partial charge in [0.1, 0.15) is 0 Å².